The Morgan fingerprint density at radius 2 is 0.760 bits per heavy atom. The van der Waals surface area contributed by atoms with Gasteiger partial charge in [-0.15, -0.1) is 0 Å². The van der Waals surface area contributed by atoms with Crippen molar-refractivity contribution in [3.63, 3.8) is 0 Å². The standard InChI is InChI=1S/C71H56F2N2/c1-46(2)53-28-18-30-57(40-53)74(69-61(49-24-14-8-15-25-49)41-54(43-63(69)72)47-20-10-6-11-21-47)65-38-34-51-33-37-60-66(39-35-52-32-36-59(65)67(51)68(52)60)75(58-31-19-29-56(45-58)71(3,4)5)70-62(50-26-16-9-17-27-50)42-55(44-64(70)73)48-22-12-7-13-23-48/h6-46H,1-5H3. The molecule has 2 nitrogen and oxygen atoms in total. The Bertz CT molecular complexity index is 4030. The van der Waals surface area contributed by atoms with Crippen molar-refractivity contribution in [2.24, 2.45) is 0 Å². The molecule has 0 heterocycles. The molecule has 12 aromatic carbocycles. The van der Waals surface area contributed by atoms with E-state index in [0.29, 0.717) is 11.4 Å². The van der Waals surface area contributed by atoms with Gasteiger partial charge in [-0.1, -0.05) is 217 Å². The number of hydrogen-bond donors (Lipinski definition) is 0. The van der Waals surface area contributed by atoms with Gasteiger partial charge in [-0.3, -0.25) is 0 Å². The van der Waals surface area contributed by atoms with Crippen LogP contribution in [0.4, 0.5) is 42.9 Å². The number of benzene rings is 12. The minimum atomic E-state index is -0.335. The molecule has 0 spiro atoms. The van der Waals surface area contributed by atoms with Crippen LogP contribution in [-0.4, -0.2) is 0 Å². The van der Waals surface area contributed by atoms with E-state index in [4.69, 9.17) is 0 Å². The van der Waals surface area contributed by atoms with Gasteiger partial charge in [-0.2, -0.15) is 0 Å². The minimum Gasteiger partial charge on any atom is -0.307 e. The Morgan fingerprint density at radius 1 is 0.360 bits per heavy atom. The third kappa shape index (κ3) is 8.66. The molecule has 0 atom stereocenters. The molecule has 0 fully saturated rings. The van der Waals surface area contributed by atoms with E-state index in [1.165, 1.54) is 0 Å². The van der Waals surface area contributed by atoms with E-state index < -0.39 is 0 Å². The van der Waals surface area contributed by atoms with Crippen LogP contribution >= 0.6 is 0 Å². The second kappa shape index (κ2) is 19.2. The third-order valence-corrected chi connectivity index (χ3v) is 14.8. The molecule has 0 saturated carbocycles. The quantitative estimate of drug-likeness (QED) is 0.119. The summed E-state index contributed by atoms with van der Waals surface area (Å²) in [4.78, 5) is 4.26. The van der Waals surface area contributed by atoms with E-state index in [-0.39, 0.29) is 23.0 Å². The summed E-state index contributed by atoms with van der Waals surface area (Å²) in [5.41, 5.74) is 13.3. The van der Waals surface area contributed by atoms with E-state index in [0.717, 1.165) is 111 Å². The zero-order valence-corrected chi connectivity index (χ0v) is 42.8. The summed E-state index contributed by atoms with van der Waals surface area (Å²) in [7, 11) is 0. The lowest BCUT2D eigenvalue weighted by molar-refractivity contribution is 0.590. The SMILES string of the molecule is CC(C)c1cccc(N(c2c(F)cc(-c3ccccc3)cc2-c2ccccc2)c2ccc3ccc4c(N(c5cccc(C(C)(C)C)c5)c5c(F)cc(-c6ccccc6)cc5-c5ccccc5)ccc5ccc2c3c54)c1. The molecule has 0 N–H and O–H groups in total. The molecule has 0 bridgehead atoms. The molecule has 4 heteroatoms. The lowest BCUT2D eigenvalue weighted by Crippen LogP contribution is -2.16. The highest BCUT2D eigenvalue weighted by Gasteiger charge is 2.29. The molecule has 75 heavy (non-hydrogen) atoms. The summed E-state index contributed by atoms with van der Waals surface area (Å²) in [6.45, 7) is 11.0. The molecule has 0 radical (unpaired) electrons. The van der Waals surface area contributed by atoms with E-state index >= 15 is 8.78 Å². The Morgan fingerprint density at radius 3 is 1.19 bits per heavy atom. The minimum absolute atomic E-state index is 0.180. The first-order valence-electron chi connectivity index (χ1n) is 25.9. The highest BCUT2D eigenvalue weighted by molar-refractivity contribution is 6.28. The first-order chi connectivity index (χ1) is 36.5. The summed E-state index contributed by atoms with van der Waals surface area (Å²) in [6.07, 6.45) is 0. The van der Waals surface area contributed by atoms with Crippen molar-refractivity contribution < 1.29 is 8.78 Å². The normalized spacial score (nSPS) is 11.8. The van der Waals surface area contributed by atoms with Crippen LogP contribution in [-0.2, 0) is 5.41 Å². The Balaban J connectivity index is 1.15. The fourth-order valence-electron chi connectivity index (χ4n) is 11.0. The predicted octanol–water partition coefficient (Wildman–Crippen LogP) is 20.9. The van der Waals surface area contributed by atoms with Gasteiger partial charge in [0.25, 0.3) is 0 Å². The smallest absolute Gasteiger partial charge is 0.148 e. The zero-order valence-electron chi connectivity index (χ0n) is 42.8. The van der Waals surface area contributed by atoms with Gasteiger partial charge in [0.2, 0.25) is 0 Å². The fraction of sp³-hybridized carbons (Fsp3) is 0.0986. The molecular weight excluding hydrogens is 919 g/mol. The van der Waals surface area contributed by atoms with Gasteiger partial charge in [0, 0.05) is 33.3 Å². The lowest BCUT2D eigenvalue weighted by atomic mass is 9.86. The van der Waals surface area contributed by atoms with Gasteiger partial charge < -0.3 is 9.80 Å². The summed E-state index contributed by atoms with van der Waals surface area (Å²) >= 11 is 0. The Labute approximate surface area is 438 Å². The second-order valence-corrected chi connectivity index (χ2v) is 21.0. The van der Waals surface area contributed by atoms with E-state index in [1.54, 1.807) is 12.1 Å². The van der Waals surface area contributed by atoms with Crippen LogP contribution in [0.15, 0.2) is 243 Å². The van der Waals surface area contributed by atoms with Crippen molar-refractivity contribution in [3.8, 4) is 44.5 Å². The van der Waals surface area contributed by atoms with E-state index in [9.17, 15) is 0 Å². The summed E-state index contributed by atoms with van der Waals surface area (Å²) < 4.78 is 36.0. The molecule has 0 aliphatic rings. The van der Waals surface area contributed by atoms with Crippen molar-refractivity contribution in [2.75, 3.05) is 9.80 Å². The lowest BCUT2D eigenvalue weighted by Gasteiger charge is -2.32. The number of hydrogen-bond acceptors (Lipinski definition) is 2. The van der Waals surface area contributed by atoms with Crippen molar-refractivity contribution in [1.29, 1.82) is 0 Å². The molecule has 12 aromatic rings. The number of anilines is 6. The summed E-state index contributed by atoms with van der Waals surface area (Å²) in [5, 5.41) is 6.12. The van der Waals surface area contributed by atoms with Gasteiger partial charge in [0.1, 0.15) is 11.6 Å². The van der Waals surface area contributed by atoms with E-state index in [2.05, 4.69) is 178 Å². The van der Waals surface area contributed by atoms with Crippen LogP contribution in [0, 0.1) is 11.6 Å². The van der Waals surface area contributed by atoms with Crippen LogP contribution in [0.25, 0.3) is 76.8 Å². The van der Waals surface area contributed by atoms with Gasteiger partial charge in [0.15, 0.2) is 0 Å². The van der Waals surface area contributed by atoms with Crippen LogP contribution in [0.3, 0.4) is 0 Å². The zero-order chi connectivity index (χ0) is 51.4. The molecule has 12 rings (SSSR count). The molecule has 0 unspecified atom stereocenters. The Hall–Kier alpha value is -8.86. The molecule has 0 saturated heterocycles. The highest BCUT2D eigenvalue weighted by atomic mass is 19.1. The summed E-state index contributed by atoms with van der Waals surface area (Å²) in [6, 6.07) is 82.4. The van der Waals surface area contributed by atoms with E-state index in [1.807, 2.05) is 97.1 Å². The topological polar surface area (TPSA) is 6.48 Å². The average Bonchev–Trinajstić information content (AvgIpc) is 3.44. The van der Waals surface area contributed by atoms with Gasteiger partial charge in [-0.25, -0.2) is 8.78 Å². The predicted molar refractivity (Wildman–Crippen MR) is 314 cm³/mol. The number of halogens is 2. The van der Waals surface area contributed by atoms with Crippen LogP contribution < -0.4 is 9.80 Å². The monoisotopic (exact) mass is 974 g/mol. The molecule has 0 amide bonds. The molecule has 0 aromatic heterocycles. The second-order valence-electron chi connectivity index (χ2n) is 21.0. The Kier molecular flexibility index (Phi) is 12.1. The first-order valence-corrected chi connectivity index (χ1v) is 25.9. The maximum atomic E-state index is 18.0. The van der Waals surface area contributed by atoms with Gasteiger partial charge >= 0.3 is 0 Å². The third-order valence-electron chi connectivity index (χ3n) is 14.8. The first kappa shape index (κ1) is 47.2. The van der Waals surface area contributed by atoms with Crippen LogP contribution in [0.1, 0.15) is 51.7 Å². The fourth-order valence-corrected chi connectivity index (χ4v) is 11.0. The van der Waals surface area contributed by atoms with Crippen LogP contribution in [0.2, 0.25) is 0 Å². The summed E-state index contributed by atoms with van der Waals surface area (Å²) in [5.74, 6) is -0.432. The number of rotatable bonds is 11. The number of nitrogens with zero attached hydrogens (tertiary/aromatic N) is 2. The molecule has 0 aliphatic carbocycles. The van der Waals surface area contributed by atoms with Crippen molar-refractivity contribution >= 4 is 66.4 Å². The maximum Gasteiger partial charge on any atom is 0.148 e. The maximum absolute atomic E-state index is 18.0. The van der Waals surface area contributed by atoms with Crippen molar-refractivity contribution in [1.82, 2.24) is 0 Å². The molecule has 364 valence electrons. The molecular formula is C71H56F2N2. The average molecular weight is 975 g/mol. The largest absolute Gasteiger partial charge is 0.307 e. The van der Waals surface area contributed by atoms with Gasteiger partial charge in [-0.05, 0) is 138 Å². The van der Waals surface area contributed by atoms with Crippen molar-refractivity contribution in [3.05, 3.63) is 265 Å². The van der Waals surface area contributed by atoms with Gasteiger partial charge in [0.05, 0.1) is 22.7 Å². The molecule has 0 aliphatic heterocycles. The highest BCUT2D eigenvalue weighted by Crippen LogP contribution is 2.52. The van der Waals surface area contributed by atoms with Crippen LogP contribution in [0.5, 0.6) is 0 Å². The van der Waals surface area contributed by atoms with Crippen molar-refractivity contribution in [2.45, 2.75) is 46.0 Å².